The van der Waals surface area contributed by atoms with Crippen LogP contribution in [0.2, 0.25) is 0 Å². The molecule has 1 atom stereocenters. The molecular weight excluding hydrogens is 272 g/mol. The first-order chi connectivity index (χ1) is 9.81. The number of amides is 1. The first-order valence-electron chi connectivity index (χ1n) is 7.38. The molecule has 0 bridgehead atoms. The summed E-state index contributed by atoms with van der Waals surface area (Å²) in [5, 5.41) is 10.7. The van der Waals surface area contributed by atoms with Gasteiger partial charge in [-0.3, -0.25) is 9.48 Å². The highest BCUT2D eigenvalue weighted by atomic mass is 32.2. The summed E-state index contributed by atoms with van der Waals surface area (Å²) < 4.78 is 1.85. The van der Waals surface area contributed by atoms with Crippen LogP contribution in [0.4, 0.5) is 0 Å². The smallest absolute Gasteiger partial charge is 0.241 e. The Hall–Kier alpha value is -1.01. The number of carbonyl (C=O) groups is 1. The van der Waals surface area contributed by atoms with E-state index in [2.05, 4.69) is 22.7 Å². The van der Waals surface area contributed by atoms with Gasteiger partial charge in [-0.15, -0.1) is 0 Å². The minimum Gasteiger partial charge on any atom is -0.354 e. The first-order valence-corrected chi connectivity index (χ1v) is 8.53. The lowest BCUT2D eigenvalue weighted by molar-refractivity contribution is -0.121. The summed E-state index contributed by atoms with van der Waals surface area (Å²) in [6, 6.07) is 2.04. The summed E-state index contributed by atoms with van der Waals surface area (Å²) >= 11 is 1.84. The molecule has 1 aromatic heterocycles. The van der Waals surface area contributed by atoms with Crippen LogP contribution in [0, 0.1) is 0 Å². The van der Waals surface area contributed by atoms with E-state index in [1.165, 1.54) is 18.5 Å². The van der Waals surface area contributed by atoms with Gasteiger partial charge in [-0.25, -0.2) is 0 Å². The summed E-state index contributed by atoms with van der Waals surface area (Å²) in [6.45, 7) is 5.27. The molecule has 20 heavy (non-hydrogen) atoms. The molecule has 1 aliphatic heterocycles. The molecule has 0 spiro atoms. The van der Waals surface area contributed by atoms with Gasteiger partial charge in [0, 0.05) is 36.7 Å². The van der Waals surface area contributed by atoms with Gasteiger partial charge in [0.2, 0.25) is 5.91 Å². The molecular formula is C14H24N4OS. The Morgan fingerprint density at radius 2 is 2.55 bits per heavy atom. The molecule has 1 aromatic rings. The molecule has 0 aromatic carbocycles. The van der Waals surface area contributed by atoms with Gasteiger partial charge in [0.1, 0.15) is 6.54 Å². The van der Waals surface area contributed by atoms with Crippen LogP contribution in [0.3, 0.4) is 0 Å². The molecule has 1 aliphatic rings. The molecule has 2 N–H and O–H groups in total. The van der Waals surface area contributed by atoms with Crippen LogP contribution in [-0.4, -0.2) is 46.8 Å². The van der Waals surface area contributed by atoms with Crippen molar-refractivity contribution >= 4 is 17.7 Å². The standard InChI is InChI=1S/C14H24N4OS/c1-2-20-9-8-16-14(19)11-18-13(5-7-17-18)12-4-3-6-15-10-12/h5,7,12,15H,2-4,6,8-11H2,1H3,(H,16,19)/t12-/m1/s1. The largest absolute Gasteiger partial charge is 0.354 e. The van der Waals surface area contributed by atoms with E-state index in [1.807, 2.05) is 22.5 Å². The Morgan fingerprint density at radius 3 is 3.30 bits per heavy atom. The maximum absolute atomic E-state index is 11.9. The van der Waals surface area contributed by atoms with Gasteiger partial charge in [0.15, 0.2) is 0 Å². The SMILES string of the molecule is CCSCCNC(=O)Cn1nccc1[C@@H]1CCCNC1. The summed E-state index contributed by atoms with van der Waals surface area (Å²) in [6.07, 6.45) is 4.16. The van der Waals surface area contributed by atoms with Crippen LogP contribution in [-0.2, 0) is 11.3 Å². The van der Waals surface area contributed by atoms with E-state index >= 15 is 0 Å². The van der Waals surface area contributed by atoms with Crippen LogP contribution >= 0.6 is 11.8 Å². The van der Waals surface area contributed by atoms with Crippen molar-refractivity contribution < 1.29 is 4.79 Å². The molecule has 0 saturated carbocycles. The number of thioether (sulfide) groups is 1. The fourth-order valence-electron chi connectivity index (χ4n) is 2.52. The lowest BCUT2D eigenvalue weighted by atomic mass is 9.96. The number of rotatable bonds is 7. The Balaban J connectivity index is 1.83. The van der Waals surface area contributed by atoms with E-state index in [0.29, 0.717) is 12.5 Å². The highest BCUT2D eigenvalue weighted by molar-refractivity contribution is 7.99. The summed E-state index contributed by atoms with van der Waals surface area (Å²) in [4.78, 5) is 11.9. The Kier molecular flexibility index (Phi) is 6.39. The average Bonchev–Trinajstić information content (AvgIpc) is 2.92. The van der Waals surface area contributed by atoms with E-state index in [1.54, 1.807) is 6.20 Å². The highest BCUT2D eigenvalue weighted by Gasteiger charge is 2.19. The zero-order valence-corrected chi connectivity index (χ0v) is 12.9. The van der Waals surface area contributed by atoms with Crippen molar-refractivity contribution in [2.45, 2.75) is 32.2 Å². The van der Waals surface area contributed by atoms with Gasteiger partial charge >= 0.3 is 0 Å². The molecule has 2 rings (SSSR count). The third kappa shape index (κ3) is 4.52. The molecule has 1 saturated heterocycles. The third-order valence-electron chi connectivity index (χ3n) is 3.53. The third-order valence-corrected chi connectivity index (χ3v) is 4.43. The molecule has 0 radical (unpaired) electrons. The van der Waals surface area contributed by atoms with Gasteiger partial charge in [0.05, 0.1) is 0 Å². The second-order valence-electron chi connectivity index (χ2n) is 5.00. The second-order valence-corrected chi connectivity index (χ2v) is 6.40. The minimum absolute atomic E-state index is 0.0513. The average molecular weight is 296 g/mol. The predicted octanol–water partition coefficient (Wildman–Crippen LogP) is 1.22. The van der Waals surface area contributed by atoms with Crippen molar-refractivity contribution in [1.82, 2.24) is 20.4 Å². The topological polar surface area (TPSA) is 59.0 Å². The van der Waals surface area contributed by atoms with E-state index in [-0.39, 0.29) is 5.91 Å². The van der Waals surface area contributed by atoms with E-state index in [4.69, 9.17) is 0 Å². The van der Waals surface area contributed by atoms with Crippen molar-refractivity contribution in [1.29, 1.82) is 0 Å². The van der Waals surface area contributed by atoms with Gasteiger partial charge in [-0.1, -0.05) is 6.92 Å². The summed E-state index contributed by atoms with van der Waals surface area (Å²) in [5.74, 6) is 2.60. The zero-order chi connectivity index (χ0) is 14.2. The maximum atomic E-state index is 11.9. The van der Waals surface area contributed by atoms with Gasteiger partial charge < -0.3 is 10.6 Å². The molecule has 5 nitrogen and oxygen atoms in total. The molecule has 0 aliphatic carbocycles. The molecule has 1 amide bonds. The molecule has 6 heteroatoms. The second kappa shape index (κ2) is 8.32. The minimum atomic E-state index is 0.0513. The molecule has 2 heterocycles. The first kappa shape index (κ1) is 15.4. The quantitative estimate of drug-likeness (QED) is 0.743. The van der Waals surface area contributed by atoms with Gasteiger partial charge in [-0.2, -0.15) is 16.9 Å². The van der Waals surface area contributed by atoms with Crippen molar-refractivity contribution in [3.8, 4) is 0 Å². The normalized spacial score (nSPS) is 18.9. The van der Waals surface area contributed by atoms with E-state index in [0.717, 1.165) is 31.1 Å². The number of piperidine rings is 1. The monoisotopic (exact) mass is 296 g/mol. The van der Waals surface area contributed by atoms with E-state index in [9.17, 15) is 4.79 Å². The fraction of sp³-hybridized carbons (Fsp3) is 0.714. The highest BCUT2D eigenvalue weighted by Crippen LogP contribution is 2.22. The number of hydrogen-bond acceptors (Lipinski definition) is 4. The summed E-state index contributed by atoms with van der Waals surface area (Å²) in [7, 11) is 0. The van der Waals surface area contributed by atoms with Crippen molar-refractivity contribution in [3.05, 3.63) is 18.0 Å². The summed E-state index contributed by atoms with van der Waals surface area (Å²) in [5.41, 5.74) is 1.18. The fourth-order valence-corrected chi connectivity index (χ4v) is 3.06. The van der Waals surface area contributed by atoms with Crippen LogP contribution < -0.4 is 10.6 Å². The van der Waals surface area contributed by atoms with Crippen molar-refractivity contribution in [2.24, 2.45) is 0 Å². The Bertz CT molecular complexity index is 415. The number of nitrogens with zero attached hydrogens (tertiary/aromatic N) is 2. The number of hydrogen-bond donors (Lipinski definition) is 2. The molecule has 0 unspecified atom stereocenters. The van der Waals surface area contributed by atoms with Crippen molar-refractivity contribution in [2.75, 3.05) is 31.1 Å². The Morgan fingerprint density at radius 1 is 1.65 bits per heavy atom. The predicted molar refractivity (Wildman–Crippen MR) is 83.1 cm³/mol. The van der Waals surface area contributed by atoms with Crippen LogP contribution in [0.5, 0.6) is 0 Å². The lowest BCUT2D eigenvalue weighted by Gasteiger charge is -2.23. The zero-order valence-electron chi connectivity index (χ0n) is 12.1. The maximum Gasteiger partial charge on any atom is 0.241 e. The van der Waals surface area contributed by atoms with Gasteiger partial charge in [-0.05, 0) is 31.2 Å². The number of aromatic nitrogens is 2. The van der Waals surface area contributed by atoms with Crippen LogP contribution in [0.1, 0.15) is 31.4 Å². The van der Waals surface area contributed by atoms with Crippen LogP contribution in [0.15, 0.2) is 12.3 Å². The molecule has 112 valence electrons. The van der Waals surface area contributed by atoms with Gasteiger partial charge in [0.25, 0.3) is 0 Å². The number of carbonyl (C=O) groups excluding carboxylic acids is 1. The Labute approximate surface area is 124 Å². The van der Waals surface area contributed by atoms with Crippen molar-refractivity contribution in [3.63, 3.8) is 0 Å². The lowest BCUT2D eigenvalue weighted by Crippen LogP contribution is -2.33. The number of nitrogens with one attached hydrogen (secondary N) is 2. The molecule has 1 fully saturated rings. The van der Waals surface area contributed by atoms with Crippen LogP contribution in [0.25, 0.3) is 0 Å². The van der Waals surface area contributed by atoms with E-state index < -0.39 is 0 Å².